The first-order chi connectivity index (χ1) is 10.7. The predicted molar refractivity (Wildman–Crippen MR) is 84.6 cm³/mol. The fraction of sp³-hybridized carbons (Fsp3) is 0.235. The minimum atomic E-state index is -0.174. The van der Waals surface area contributed by atoms with E-state index in [1.54, 1.807) is 38.5 Å². The van der Waals surface area contributed by atoms with Crippen LogP contribution in [0.5, 0.6) is 11.5 Å². The molecular formula is C17H19NO4. The van der Waals surface area contributed by atoms with E-state index in [1.165, 1.54) is 0 Å². The molecule has 5 heteroatoms. The predicted octanol–water partition coefficient (Wildman–Crippen LogP) is 3.24. The average Bonchev–Trinajstić information content (AvgIpc) is 2.56. The van der Waals surface area contributed by atoms with Crippen LogP contribution in [0.1, 0.15) is 15.9 Å². The number of anilines is 1. The van der Waals surface area contributed by atoms with Crippen molar-refractivity contribution in [1.82, 2.24) is 0 Å². The second-order valence-electron chi connectivity index (χ2n) is 4.64. The van der Waals surface area contributed by atoms with Gasteiger partial charge in [0.05, 0.1) is 7.11 Å². The number of rotatable bonds is 6. The van der Waals surface area contributed by atoms with Gasteiger partial charge in [-0.15, -0.1) is 0 Å². The lowest BCUT2D eigenvalue weighted by Gasteiger charge is -2.16. The summed E-state index contributed by atoms with van der Waals surface area (Å²) in [7, 11) is 3.11. The summed E-state index contributed by atoms with van der Waals surface area (Å²) in [5.41, 5.74) is 2.04. The second kappa shape index (κ2) is 7.47. The fourth-order valence-corrected chi connectivity index (χ4v) is 2.04. The molecule has 116 valence electrons. The van der Waals surface area contributed by atoms with Crippen molar-refractivity contribution in [3.63, 3.8) is 0 Å². The highest BCUT2D eigenvalue weighted by atomic mass is 16.7. The molecule has 2 aromatic rings. The van der Waals surface area contributed by atoms with Crippen LogP contribution in [0, 0.1) is 6.92 Å². The van der Waals surface area contributed by atoms with Crippen molar-refractivity contribution in [2.45, 2.75) is 6.92 Å². The molecule has 22 heavy (non-hydrogen) atoms. The Bertz CT molecular complexity index is 641. The number of hydrogen-bond donors (Lipinski definition) is 1. The molecule has 0 aliphatic heterocycles. The number of methoxy groups -OCH3 is 2. The highest BCUT2D eigenvalue weighted by Crippen LogP contribution is 2.35. The smallest absolute Gasteiger partial charge is 0.255 e. The van der Waals surface area contributed by atoms with Gasteiger partial charge in [-0.05, 0) is 31.2 Å². The van der Waals surface area contributed by atoms with E-state index in [4.69, 9.17) is 14.2 Å². The lowest BCUT2D eigenvalue weighted by atomic mass is 10.1. The molecule has 0 aliphatic carbocycles. The molecule has 0 saturated carbocycles. The zero-order valence-corrected chi connectivity index (χ0v) is 12.9. The van der Waals surface area contributed by atoms with E-state index in [0.717, 1.165) is 5.56 Å². The molecule has 1 amide bonds. The third kappa shape index (κ3) is 3.56. The van der Waals surface area contributed by atoms with E-state index in [-0.39, 0.29) is 12.7 Å². The van der Waals surface area contributed by atoms with E-state index in [2.05, 4.69) is 5.32 Å². The molecule has 0 atom stereocenters. The van der Waals surface area contributed by atoms with Gasteiger partial charge >= 0.3 is 0 Å². The highest BCUT2D eigenvalue weighted by molar-refractivity contribution is 6.04. The first kappa shape index (κ1) is 15.9. The van der Waals surface area contributed by atoms with Gasteiger partial charge in [0, 0.05) is 23.9 Å². The summed E-state index contributed by atoms with van der Waals surface area (Å²) in [5, 5.41) is 2.88. The summed E-state index contributed by atoms with van der Waals surface area (Å²) in [4.78, 5) is 12.2. The maximum absolute atomic E-state index is 12.2. The standard InChI is InChI=1S/C17H19NO4/c1-12-14(18-17(19)13-7-5-4-6-8-13)9-10-15(21-3)16(12)22-11-20-2/h4-10H,11H2,1-3H3,(H,18,19). The van der Waals surface area contributed by atoms with Crippen LogP contribution in [0.15, 0.2) is 42.5 Å². The molecule has 0 radical (unpaired) electrons. The topological polar surface area (TPSA) is 56.8 Å². The minimum absolute atomic E-state index is 0.104. The van der Waals surface area contributed by atoms with Gasteiger partial charge in [0.15, 0.2) is 18.3 Å². The molecule has 0 saturated heterocycles. The number of carbonyl (C=O) groups is 1. The molecule has 0 spiro atoms. The Morgan fingerprint density at radius 1 is 1.09 bits per heavy atom. The molecule has 0 bridgehead atoms. The van der Waals surface area contributed by atoms with Gasteiger partial charge in [0.1, 0.15) is 0 Å². The Labute approximate surface area is 129 Å². The van der Waals surface area contributed by atoms with Crippen LogP contribution >= 0.6 is 0 Å². The minimum Gasteiger partial charge on any atom is -0.493 e. The number of ether oxygens (including phenoxy) is 3. The molecule has 0 unspecified atom stereocenters. The van der Waals surface area contributed by atoms with Crippen LogP contribution in [-0.4, -0.2) is 26.9 Å². The third-order valence-electron chi connectivity index (χ3n) is 3.19. The zero-order valence-electron chi connectivity index (χ0n) is 12.9. The molecule has 0 aromatic heterocycles. The molecule has 5 nitrogen and oxygen atoms in total. The molecule has 0 heterocycles. The summed E-state index contributed by atoms with van der Waals surface area (Å²) >= 11 is 0. The van der Waals surface area contributed by atoms with Crippen molar-refractivity contribution in [3.05, 3.63) is 53.6 Å². The first-order valence-corrected chi connectivity index (χ1v) is 6.83. The van der Waals surface area contributed by atoms with Crippen molar-refractivity contribution in [2.24, 2.45) is 0 Å². The van der Waals surface area contributed by atoms with Gasteiger partial charge in [-0.3, -0.25) is 4.79 Å². The zero-order chi connectivity index (χ0) is 15.9. The maximum Gasteiger partial charge on any atom is 0.255 e. The van der Waals surface area contributed by atoms with Gasteiger partial charge in [0.2, 0.25) is 0 Å². The molecule has 1 N–H and O–H groups in total. The van der Waals surface area contributed by atoms with E-state index in [1.807, 2.05) is 25.1 Å². The van der Waals surface area contributed by atoms with Crippen LogP contribution in [-0.2, 0) is 4.74 Å². The van der Waals surface area contributed by atoms with E-state index in [0.29, 0.717) is 22.7 Å². The van der Waals surface area contributed by atoms with Crippen molar-refractivity contribution in [2.75, 3.05) is 26.3 Å². The summed E-state index contributed by atoms with van der Waals surface area (Å²) < 4.78 is 15.7. The quantitative estimate of drug-likeness (QED) is 0.832. The van der Waals surface area contributed by atoms with Crippen molar-refractivity contribution >= 4 is 11.6 Å². The van der Waals surface area contributed by atoms with E-state index >= 15 is 0 Å². The Morgan fingerprint density at radius 3 is 2.45 bits per heavy atom. The third-order valence-corrected chi connectivity index (χ3v) is 3.19. The number of hydrogen-bond acceptors (Lipinski definition) is 4. The van der Waals surface area contributed by atoms with Gasteiger partial charge in [-0.1, -0.05) is 18.2 Å². The largest absolute Gasteiger partial charge is 0.493 e. The van der Waals surface area contributed by atoms with Crippen molar-refractivity contribution < 1.29 is 19.0 Å². The number of nitrogens with one attached hydrogen (secondary N) is 1. The van der Waals surface area contributed by atoms with Crippen LogP contribution in [0.2, 0.25) is 0 Å². The number of benzene rings is 2. The highest BCUT2D eigenvalue weighted by Gasteiger charge is 2.14. The maximum atomic E-state index is 12.2. The summed E-state index contributed by atoms with van der Waals surface area (Å²) in [6, 6.07) is 12.6. The molecule has 0 fully saturated rings. The first-order valence-electron chi connectivity index (χ1n) is 6.83. The Balaban J connectivity index is 2.26. The number of carbonyl (C=O) groups excluding carboxylic acids is 1. The van der Waals surface area contributed by atoms with Crippen molar-refractivity contribution in [3.8, 4) is 11.5 Å². The molecule has 2 aromatic carbocycles. The summed E-state index contributed by atoms with van der Waals surface area (Å²) in [5.74, 6) is 0.967. The lowest BCUT2D eigenvalue weighted by molar-refractivity contribution is 0.0487. The van der Waals surface area contributed by atoms with Gasteiger partial charge in [0.25, 0.3) is 5.91 Å². The van der Waals surface area contributed by atoms with Crippen LogP contribution < -0.4 is 14.8 Å². The Hall–Kier alpha value is -2.53. The van der Waals surface area contributed by atoms with E-state index in [9.17, 15) is 4.79 Å². The van der Waals surface area contributed by atoms with Crippen molar-refractivity contribution in [1.29, 1.82) is 0 Å². The fourth-order valence-electron chi connectivity index (χ4n) is 2.04. The molecular weight excluding hydrogens is 282 g/mol. The van der Waals surface area contributed by atoms with Gasteiger partial charge in [-0.25, -0.2) is 0 Å². The summed E-state index contributed by atoms with van der Waals surface area (Å²) in [6.07, 6.45) is 0. The lowest BCUT2D eigenvalue weighted by Crippen LogP contribution is -2.13. The Morgan fingerprint density at radius 2 is 1.82 bits per heavy atom. The average molecular weight is 301 g/mol. The molecule has 0 aliphatic rings. The second-order valence-corrected chi connectivity index (χ2v) is 4.64. The number of amides is 1. The van der Waals surface area contributed by atoms with E-state index < -0.39 is 0 Å². The van der Waals surface area contributed by atoms with Crippen LogP contribution in [0.25, 0.3) is 0 Å². The van der Waals surface area contributed by atoms with Gasteiger partial charge in [-0.2, -0.15) is 0 Å². The Kier molecular flexibility index (Phi) is 5.38. The van der Waals surface area contributed by atoms with Gasteiger partial charge < -0.3 is 19.5 Å². The summed E-state index contributed by atoms with van der Waals surface area (Å²) in [6.45, 7) is 1.96. The van der Waals surface area contributed by atoms with Crippen LogP contribution in [0.3, 0.4) is 0 Å². The molecule has 2 rings (SSSR count). The monoisotopic (exact) mass is 301 g/mol. The van der Waals surface area contributed by atoms with Crippen LogP contribution in [0.4, 0.5) is 5.69 Å². The SMILES string of the molecule is COCOc1c(OC)ccc(NC(=O)c2ccccc2)c1C. The normalized spacial score (nSPS) is 10.1.